The number of rotatable bonds is 3. The molecule has 1 saturated heterocycles. The molecule has 1 aliphatic heterocycles. The molecule has 0 spiro atoms. The monoisotopic (exact) mass is 250 g/mol. The maximum atomic E-state index is 6.29. The summed E-state index contributed by atoms with van der Waals surface area (Å²) in [6, 6.07) is 3.63. The van der Waals surface area contributed by atoms with Crippen molar-refractivity contribution in [2.24, 2.45) is 0 Å². The zero-order chi connectivity index (χ0) is 9.84. The van der Waals surface area contributed by atoms with Gasteiger partial charge in [-0.15, -0.1) is 0 Å². The first-order valence-electron chi connectivity index (χ1n) is 4.80. The van der Waals surface area contributed by atoms with Gasteiger partial charge in [-0.1, -0.05) is 20.8 Å². The van der Waals surface area contributed by atoms with Crippen molar-refractivity contribution in [3.63, 3.8) is 0 Å². The molecule has 7 heteroatoms. The minimum atomic E-state index is -0.609. The molecule has 3 nitrogen and oxygen atoms in total. The predicted molar refractivity (Wildman–Crippen MR) is 62.7 cm³/mol. The van der Waals surface area contributed by atoms with E-state index in [1.54, 1.807) is 0 Å². The van der Waals surface area contributed by atoms with Crippen LogP contribution in [0.3, 0.4) is 0 Å². The van der Waals surface area contributed by atoms with Crippen LogP contribution in [0.1, 0.15) is 20.8 Å². The van der Waals surface area contributed by atoms with Gasteiger partial charge in [-0.25, -0.2) is 3.75 Å². The van der Waals surface area contributed by atoms with E-state index < -0.39 is 27.4 Å². The van der Waals surface area contributed by atoms with Crippen LogP contribution >= 0.6 is 11.8 Å². The Labute approximate surface area is 91.2 Å². The van der Waals surface area contributed by atoms with Gasteiger partial charge in [0.25, 0.3) is 0 Å². The van der Waals surface area contributed by atoms with Crippen LogP contribution in [-0.2, 0) is 0 Å². The highest BCUT2D eigenvalue weighted by Gasteiger charge is 2.36. The highest BCUT2D eigenvalue weighted by atomic mass is 35.5. The quantitative estimate of drug-likeness (QED) is 0.582. The van der Waals surface area contributed by atoms with E-state index in [1.807, 2.05) is 0 Å². The fourth-order valence-corrected chi connectivity index (χ4v) is 13.8. The Morgan fingerprint density at radius 3 is 1.77 bits per heavy atom. The summed E-state index contributed by atoms with van der Waals surface area (Å²) in [5.41, 5.74) is 0. The summed E-state index contributed by atoms with van der Waals surface area (Å²) in [4.78, 5) is 0. The third-order valence-electron chi connectivity index (χ3n) is 2.09. The SMILES string of the molecule is CC[Si]1N[Si](CC)N(Cl)[Si](CC)N1. The van der Waals surface area contributed by atoms with Crippen molar-refractivity contribution in [3.05, 3.63) is 0 Å². The average Bonchev–Trinajstić information content (AvgIpc) is 2.18. The second-order valence-electron chi connectivity index (χ2n) is 2.96. The molecule has 0 aromatic heterocycles. The van der Waals surface area contributed by atoms with Crippen molar-refractivity contribution in [2.45, 2.75) is 38.9 Å². The lowest BCUT2D eigenvalue weighted by molar-refractivity contribution is 0.900. The van der Waals surface area contributed by atoms with E-state index in [0.29, 0.717) is 0 Å². The highest BCUT2D eigenvalue weighted by molar-refractivity contribution is 6.90. The zero-order valence-corrected chi connectivity index (χ0v) is 12.2. The van der Waals surface area contributed by atoms with Crippen LogP contribution in [0.15, 0.2) is 0 Å². The smallest absolute Gasteiger partial charge is 0.229 e. The maximum Gasteiger partial charge on any atom is 0.229 e. The molecule has 1 fully saturated rings. The van der Waals surface area contributed by atoms with Crippen molar-refractivity contribution in [3.8, 4) is 0 Å². The van der Waals surface area contributed by atoms with E-state index in [0.717, 1.165) is 0 Å². The summed E-state index contributed by atoms with van der Waals surface area (Å²) < 4.78 is 9.45. The van der Waals surface area contributed by atoms with Gasteiger partial charge in [-0.3, -0.25) is 0 Å². The fourth-order valence-electron chi connectivity index (χ4n) is 1.27. The molecular formula is C6H17ClN3Si3. The third kappa shape index (κ3) is 2.88. The van der Waals surface area contributed by atoms with Crippen LogP contribution in [0.25, 0.3) is 0 Å². The minimum Gasteiger partial charge on any atom is -0.335 e. The van der Waals surface area contributed by atoms with Gasteiger partial charge in [0.05, 0.1) is 0 Å². The van der Waals surface area contributed by atoms with Crippen LogP contribution in [0.5, 0.6) is 0 Å². The lowest BCUT2D eigenvalue weighted by Gasteiger charge is -2.38. The molecule has 0 atom stereocenters. The first-order valence-corrected chi connectivity index (χ1v) is 10.2. The Morgan fingerprint density at radius 1 is 1.00 bits per heavy atom. The van der Waals surface area contributed by atoms with E-state index in [2.05, 4.69) is 33.8 Å². The lowest BCUT2D eigenvalue weighted by Crippen LogP contribution is -2.72. The van der Waals surface area contributed by atoms with E-state index in [9.17, 15) is 0 Å². The molecule has 3 radical (unpaired) electrons. The number of halogens is 1. The van der Waals surface area contributed by atoms with Crippen molar-refractivity contribution in [1.82, 2.24) is 13.0 Å². The van der Waals surface area contributed by atoms with Crippen LogP contribution in [0.2, 0.25) is 18.1 Å². The van der Waals surface area contributed by atoms with Gasteiger partial charge in [0.2, 0.25) is 27.4 Å². The Balaban J connectivity index is 2.56. The van der Waals surface area contributed by atoms with Crippen molar-refractivity contribution < 1.29 is 0 Å². The largest absolute Gasteiger partial charge is 0.335 e. The summed E-state index contributed by atoms with van der Waals surface area (Å²) >= 11 is 6.29. The predicted octanol–water partition coefficient (Wildman–Crippen LogP) is 1.16. The maximum absolute atomic E-state index is 6.29. The van der Waals surface area contributed by atoms with Gasteiger partial charge < -0.3 is 9.30 Å². The molecule has 1 heterocycles. The normalized spacial score (nSPS) is 24.0. The van der Waals surface area contributed by atoms with Crippen molar-refractivity contribution in [2.75, 3.05) is 0 Å². The molecule has 13 heavy (non-hydrogen) atoms. The molecular weight excluding hydrogens is 234 g/mol. The van der Waals surface area contributed by atoms with Gasteiger partial charge in [-0.2, -0.15) is 0 Å². The van der Waals surface area contributed by atoms with Crippen LogP contribution in [0.4, 0.5) is 0 Å². The Kier molecular flexibility index (Phi) is 5.16. The molecule has 0 unspecified atom stereocenters. The molecule has 1 rings (SSSR count). The molecule has 0 aliphatic carbocycles. The van der Waals surface area contributed by atoms with Crippen molar-refractivity contribution in [1.29, 1.82) is 0 Å². The molecule has 0 amide bonds. The minimum absolute atomic E-state index is 0.476. The van der Waals surface area contributed by atoms with Crippen LogP contribution in [0, 0.1) is 0 Å². The Bertz CT molecular complexity index is 148. The molecule has 0 aromatic rings. The molecule has 0 saturated carbocycles. The van der Waals surface area contributed by atoms with Gasteiger partial charge in [-0.05, 0) is 29.9 Å². The van der Waals surface area contributed by atoms with Gasteiger partial charge in [0.15, 0.2) is 0 Å². The highest BCUT2D eigenvalue weighted by Crippen LogP contribution is 2.11. The van der Waals surface area contributed by atoms with Crippen LogP contribution < -0.4 is 9.30 Å². The van der Waals surface area contributed by atoms with E-state index in [-0.39, 0.29) is 0 Å². The Morgan fingerprint density at radius 2 is 1.46 bits per heavy atom. The van der Waals surface area contributed by atoms with Crippen molar-refractivity contribution >= 4 is 39.1 Å². The lowest BCUT2D eigenvalue weighted by atomic mass is 11.0. The van der Waals surface area contributed by atoms with E-state index in [4.69, 9.17) is 11.8 Å². The molecule has 75 valence electrons. The number of nitrogens with zero attached hydrogens (tertiary/aromatic N) is 1. The van der Waals surface area contributed by atoms with Gasteiger partial charge in [0.1, 0.15) is 0 Å². The van der Waals surface area contributed by atoms with E-state index in [1.165, 1.54) is 18.1 Å². The zero-order valence-electron chi connectivity index (χ0n) is 8.45. The molecule has 2 N–H and O–H groups in total. The summed E-state index contributed by atoms with van der Waals surface area (Å²) in [6.45, 7) is 6.71. The fraction of sp³-hybridized carbons (Fsp3) is 1.00. The second-order valence-corrected chi connectivity index (χ2v) is 12.1. The topological polar surface area (TPSA) is 27.3 Å². The average molecular weight is 251 g/mol. The number of hydrogen-bond acceptors (Lipinski definition) is 3. The Hall–Kier alpha value is 0.821. The molecule has 0 aromatic carbocycles. The summed E-state index contributed by atoms with van der Waals surface area (Å²) in [5, 5.41) is 0. The summed E-state index contributed by atoms with van der Waals surface area (Å²) in [5.74, 6) is 0. The first-order chi connectivity index (χ1) is 6.22. The third-order valence-corrected chi connectivity index (χ3v) is 12.6. The number of nitrogens with one attached hydrogen (secondary N) is 2. The standard InChI is InChI=1S/C6H17ClN3Si3/c1-4-11-8-12(5-2)10(7)13(6-3)9-11/h8-9H,4-6H2,1-3H3. The summed E-state index contributed by atoms with van der Waals surface area (Å²) in [7, 11) is -1.69. The van der Waals surface area contributed by atoms with Gasteiger partial charge >= 0.3 is 0 Å². The molecule has 0 bridgehead atoms. The van der Waals surface area contributed by atoms with E-state index >= 15 is 0 Å². The van der Waals surface area contributed by atoms with Gasteiger partial charge in [0, 0.05) is 0 Å². The first kappa shape index (κ1) is 11.9. The van der Waals surface area contributed by atoms with Crippen LogP contribution in [-0.4, -0.2) is 31.1 Å². The molecule has 1 aliphatic rings. The second kappa shape index (κ2) is 5.64. The number of hydrogen-bond donors (Lipinski definition) is 2. The summed E-state index contributed by atoms with van der Waals surface area (Å²) in [6.07, 6.45) is 0.